The number of hydrogen-bond acceptors (Lipinski definition) is 2. The number of nitro groups is 1. The van der Waals surface area contributed by atoms with Crippen molar-refractivity contribution in [2.45, 2.75) is 6.92 Å². The molecule has 0 atom stereocenters. The van der Waals surface area contributed by atoms with Crippen LogP contribution in [0, 0.1) is 17.0 Å². The largest absolute Gasteiger partial charge is 0.279 e. The minimum Gasteiger partial charge on any atom is -0.258 e. The third-order valence-electron chi connectivity index (χ3n) is 2.70. The van der Waals surface area contributed by atoms with Crippen LogP contribution in [-0.2, 0) is 0 Å². The highest BCUT2D eigenvalue weighted by molar-refractivity contribution is 6.44. The molecular formula is C13H8Cl3NO2. The SMILES string of the molecule is Cc1cc([N+](=O)[O-])c(-c2ccc(Cl)cc2)c(Cl)c1Cl. The van der Waals surface area contributed by atoms with Crippen molar-refractivity contribution >= 4 is 40.5 Å². The highest BCUT2D eigenvalue weighted by Gasteiger charge is 2.22. The van der Waals surface area contributed by atoms with E-state index < -0.39 is 4.92 Å². The van der Waals surface area contributed by atoms with Gasteiger partial charge >= 0.3 is 0 Å². The molecule has 0 heterocycles. The van der Waals surface area contributed by atoms with Crippen LogP contribution < -0.4 is 0 Å². The van der Waals surface area contributed by atoms with Gasteiger partial charge in [-0.05, 0) is 30.2 Å². The number of aryl methyl sites for hydroxylation is 1. The maximum absolute atomic E-state index is 11.2. The van der Waals surface area contributed by atoms with Crippen molar-refractivity contribution in [3.63, 3.8) is 0 Å². The van der Waals surface area contributed by atoms with Gasteiger partial charge in [-0.3, -0.25) is 10.1 Å². The van der Waals surface area contributed by atoms with E-state index >= 15 is 0 Å². The monoisotopic (exact) mass is 315 g/mol. The Bertz CT molecular complexity index is 654. The predicted molar refractivity (Wildman–Crippen MR) is 78.3 cm³/mol. The molecule has 0 aliphatic rings. The second-order valence-corrected chi connectivity index (χ2v) is 5.17. The lowest BCUT2D eigenvalue weighted by Crippen LogP contribution is -1.95. The molecule has 0 radical (unpaired) electrons. The van der Waals surface area contributed by atoms with E-state index in [2.05, 4.69) is 0 Å². The Morgan fingerprint density at radius 3 is 2.16 bits per heavy atom. The van der Waals surface area contributed by atoms with Crippen molar-refractivity contribution in [1.82, 2.24) is 0 Å². The Labute approximate surface area is 124 Å². The van der Waals surface area contributed by atoms with Gasteiger partial charge in [-0.25, -0.2) is 0 Å². The highest BCUT2D eigenvalue weighted by atomic mass is 35.5. The van der Waals surface area contributed by atoms with Gasteiger partial charge in [0, 0.05) is 11.1 Å². The first-order valence-corrected chi connectivity index (χ1v) is 6.44. The van der Waals surface area contributed by atoms with Gasteiger partial charge < -0.3 is 0 Å². The van der Waals surface area contributed by atoms with Crippen molar-refractivity contribution in [3.05, 3.63) is 61.1 Å². The number of nitrogens with zero attached hydrogens (tertiary/aromatic N) is 1. The van der Waals surface area contributed by atoms with Crippen molar-refractivity contribution < 1.29 is 4.92 Å². The first-order valence-electron chi connectivity index (χ1n) is 5.30. The minimum atomic E-state index is -0.473. The fourth-order valence-corrected chi connectivity index (χ4v) is 2.40. The zero-order valence-electron chi connectivity index (χ0n) is 9.78. The summed E-state index contributed by atoms with van der Waals surface area (Å²) < 4.78 is 0. The second-order valence-electron chi connectivity index (χ2n) is 3.98. The minimum absolute atomic E-state index is 0.0748. The summed E-state index contributed by atoms with van der Waals surface area (Å²) in [6, 6.07) is 8.04. The van der Waals surface area contributed by atoms with Crippen LogP contribution in [0.25, 0.3) is 11.1 Å². The van der Waals surface area contributed by atoms with Crippen LogP contribution in [0.3, 0.4) is 0 Å². The molecule has 0 spiro atoms. The van der Waals surface area contributed by atoms with Crippen LogP contribution >= 0.6 is 34.8 Å². The highest BCUT2D eigenvalue weighted by Crippen LogP contribution is 2.42. The van der Waals surface area contributed by atoms with Crippen LogP contribution in [0.2, 0.25) is 15.1 Å². The van der Waals surface area contributed by atoms with Gasteiger partial charge in [0.1, 0.15) is 0 Å². The standard InChI is InChI=1S/C13H8Cl3NO2/c1-7-6-10(17(18)19)11(13(16)12(7)15)8-2-4-9(14)5-3-8/h2-6H,1H3. The topological polar surface area (TPSA) is 43.1 Å². The summed E-state index contributed by atoms with van der Waals surface area (Å²) in [5.74, 6) is 0. The summed E-state index contributed by atoms with van der Waals surface area (Å²) in [6.45, 7) is 1.67. The average Bonchev–Trinajstić information content (AvgIpc) is 2.37. The molecule has 0 bridgehead atoms. The molecule has 6 heteroatoms. The van der Waals surface area contributed by atoms with E-state index in [1.807, 2.05) is 0 Å². The number of benzene rings is 2. The summed E-state index contributed by atoms with van der Waals surface area (Å²) in [5.41, 5.74) is 1.40. The van der Waals surface area contributed by atoms with Gasteiger partial charge in [0.25, 0.3) is 5.69 Å². The van der Waals surface area contributed by atoms with E-state index in [0.717, 1.165) is 0 Å². The molecular weight excluding hydrogens is 309 g/mol. The van der Waals surface area contributed by atoms with Crippen molar-refractivity contribution in [1.29, 1.82) is 0 Å². The fraction of sp³-hybridized carbons (Fsp3) is 0.0769. The molecule has 2 aromatic rings. The third kappa shape index (κ3) is 2.68. The lowest BCUT2D eigenvalue weighted by molar-refractivity contribution is -0.384. The summed E-state index contributed by atoms with van der Waals surface area (Å²) >= 11 is 18.0. The van der Waals surface area contributed by atoms with E-state index in [4.69, 9.17) is 34.8 Å². The molecule has 0 amide bonds. The molecule has 2 aromatic carbocycles. The van der Waals surface area contributed by atoms with Gasteiger partial charge in [-0.15, -0.1) is 0 Å². The average molecular weight is 317 g/mol. The Hall–Kier alpha value is -1.29. The molecule has 0 aromatic heterocycles. The van der Waals surface area contributed by atoms with Crippen LogP contribution in [0.4, 0.5) is 5.69 Å². The predicted octanol–water partition coefficient (Wildman–Crippen LogP) is 5.53. The zero-order chi connectivity index (χ0) is 14.2. The van der Waals surface area contributed by atoms with Crippen LogP contribution in [0.15, 0.2) is 30.3 Å². The quantitative estimate of drug-likeness (QED) is 0.540. The molecule has 0 fully saturated rings. The molecule has 3 nitrogen and oxygen atoms in total. The van der Waals surface area contributed by atoms with Crippen molar-refractivity contribution in [2.24, 2.45) is 0 Å². The van der Waals surface area contributed by atoms with Crippen LogP contribution in [-0.4, -0.2) is 4.92 Å². The van der Waals surface area contributed by atoms with Crippen LogP contribution in [0.1, 0.15) is 5.56 Å². The number of hydrogen-bond donors (Lipinski definition) is 0. The van der Waals surface area contributed by atoms with E-state index in [1.54, 1.807) is 31.2 Å². The van der Waals surface area contributed by atoms with Crippen LogP contribution in [0.5, 0.6) is 0 Å². The Morgan fingerprint density at radius 2 is 1.63 bits per heavy atom. The third-order valence-corrected chi connectivity index (χ3v) is 3.91. The van der Waals surface area contributed by atoms with Crippen molar-refractivity contribution in [2.75, 3.05) is 0 Å². The lowest BCUT2D eigenvalue weighted by Gasteiger charge is -2.09. The summed E-state index contributed by atoms with van der Waals surface area (Å²) in [5, 5.41) is 12.2. The van der Waals surface area contributed by atoms with Gasteiger partial charge in [0.05, 0.1) is 20.5 Å². The molecule has 0 saturated carbocycles. The molecule has 98 valence electrons. The van der Waals surface area contributed by atoms with Gasteiger partial charge in [-0.1, -0.05) is 46.9 Å². The zero-order valence-corrected chi connectivity index (χ0v) is 12.1. The Balaban J connectivity index is 2.77. The molecule has 19 heavy (non-hydrogen) atoms. The number of rotatable bonds is 2. The van der Waals surface area contributed by atoms with E-state index in [0.29, 0.717) is 26.7 Å². The summed E-state index contributed by atoms with van der Waals surface area (Å²) in [7, 11) is 0. The maximum atomic E-state index is 11.2. The smallest absolute Gasteiger partial charge is 0.258 e. The first-order chi connectivity index (χ1) is 8.91. The number of halogens is 3. The molecule has 2 rings (SSSR count). The number of nitro benzene ring substituents is 1. The van der Waals surface area contributed by atoms with Crippen molar-refractivity contribution in [3.8, 4) is 11.1 Å². The first kappa shape index (κ1) is 14.1. The Kier molecular flexibility index (Phi) is 3.99. The molecule has 0 N–H and O–H groups in total. The molecule has 0 unspecified atom stereocenters. The molecule has 0 aliphatic heterocycles. The second kappa shape index (κ2) is 5.37. The summed E-state index contributed by atoms with van der Waals surface area (Å²) in [6.07, 6.45) is 0. The fourth-order valence-electron chi connectivity index (χ4n) is 1.77. The van der Waals surface area contributed by atoms with E-state index in [-0.39, 0.29) is 10.7 Å². The van der Waals surface area contributed by atoms with Gasteiger partial charge in [0.2, 0.25) is 0 Å². The van der Waals surface area contributed by atoms with Gasteiger partial charge in [0.15, 0.2) is 0 Å². The van der Waals surface area contributed by atoms with E-state index in [1.165, 1.54) is 6.07 Å². The van der Waals surface area contributed by atoms with Gasteiger partial charge in [-0.2, -0.15) is 0 Å². The summed E-state index contributed by atoms with van der Waals surface area (Å²) in [4.78, 5) is 10.7. The van der Waals surface area contributed by atoms with E-state index in [9.17, 15) is 10.1 Å². The maximum Gasteiger partial charge on any atom is 0.279 e. The molecule has 0 aliphatic carbocycles. The Morgan fingerprint density at radius 1 is 1.05 bits per heavy atom. The molecule has 0 saturated heterocycles. The lowest BCUT2D eigenvalue weighted by atomic mass is 10.0. The normalized spacial score (nSPS) is 10.5.